The van der Waals surface area contributed by atoms with Crippen molar-refractivity contribution in [1.29, 1.82) is 0 Å². The van der Waals surface area contributed by atoms with Gasteiger partial charge in [0.05, 0.1) is 19.8 Å². The molecule has 1 aliphatic rings. The first-order valence-electron chi connectivity index (χ1n) is 9.35. The summed E-state index contributed by atoms with van der Waals surface area (Å²) in [5, 5.41) is 0. The van der Waals surface area contributed by atoms with Crippen molar-refractivity contribution in [2.75, 3.05) is 33.0 Å². The summed E-state index contributed by atoms with van der Waals surface area (Å²) in [6.07, 6.45) is -6.00. The van der Waals surface area contributed by atoms with Crippen molar-refractivity contribution in [3.8, 4) is 0 Å². The molecule has 0 spiro atoms. The van der Waals surface area contributed by atoms with Crippen LogP contribution in [0.4, 0.5) is 0 Å². The molecule has 12 heteroatoms. The van der Waals surface area contributed by atoms with Crippen LogP contribution in [0.25, 0.3) is 0 Å². The molecule has 0 aliphatic carbocycles. The van der Waals surface area contributed by atoms with Gasteiger partial charge < -0.3 is 38.9 Å². The predicted molar refractivity (Wildman–Crippen MR) is 97.8 cm³/mol. The van der Waals surface area contributed by atoms with Crippen molar-refractivity contribution in [2.24, 2.45) is 5.73 Å². The van der Waals surface area contributed by atoms with E-state index in [1.165, 1.54) is 6.92 Å². The molecule has 1 aliphatic heterocycles. The van der Waals surface area contributed by atoms with Crippen LogP contribution in [0.15, 0.2) is 0 Å². The van der Waals surface area contributed by atoms with Crippen molar-refractivity contribution < 1.29 is 52.3 Å². The smallest absolute Gasteiger partial charge is 0.303 e. The van der Waals surface area contributed by atoms with Gasteiger partial charge in [-0.3, -0.25) is 19.2 Å². The Labute approximate surface area is 174 Å². The number of carbonyl (C=O) groups is 4. The first-order valence-corrected chi connectivity index (χ1v) is 9.35. The lowest BCUT2D eigenvalue weighted by Crippen LogP contribution is -2.63. The summed E-state index contributed by atoms with van der Waals surface area (Å²) in [4.78, 5) is 46.2. The average molecular weight is 435 g/mol. The molecule has 1 saturated heterocycles. The van der Waals surface area contributed by atoms with Gasteiger partial charge in [0.15, 0.2) is 24.6 Å². The van der Waals surface area contributed by atoms with Gasteiger partial charge in [0.25, 0.3) is 0 Å². The van der Waals surface area contributed by atoms with Crippen LogP contribution in [0.3, 0.4) is 0 Å². The minimum absolute atomic E-state index is 0.0355. The van der Waals surface area contributed by atoms with E-state index in [-0.39, 0.29) is 19.8 Å². The number of carbonyl (C=O) groups excluding carboxylic acids is 4. The van der Waals surface area contributed by atoms with E-state index in [9.17, 15) is 19.2 Å². The summed E-state index contributed by atoms with van der Waals surface area (Å²) >= 11 is 0. The second-order valence-electron chi connectivity index (χ2n) is 6.34. The minimum atomic E-state index is -1.26. The highest BCUT2D eigenvalue weighted by Crippen LogP contribution is 2.29. The largest absolute Gasteiger partial charge is 0.463 e. The summed E-state index contributed by atoms with van der Waals surface area (Å²) in [6, 6.07) is 0. The monoisotopic (exact) mass is 435 g/mol. The van der Waals surface area contributed by atoms with E-state index in [1.807, 2.05) is 0 Å². The second-order valence-corrected chi connectivity index (χ2v) is 6.34. The Morgan fingerprint density at radius 2 is 1.33 bits per heavy atom. The van der Waals surface area contributed by atoms with Crippen LogP contribution >= 0.6 is 0 Å². The van der Waals surface area contributed by atoms with Gasteiger partial charge in [0, 0.05) is 34.2 Å². The number of rotatable bonds is 11. The highest BCUT2D eigenvalue weighted by atomic mass is 16.7. The van der Waals surface area contributed by atoms with Crippen molar-refractivity contribution in [3.05, 3.63) is 0 Å². The molecule has 0 amide bonds. The lowest BCUT2D eigenvalue weighted by atomic mass is 9.98. The molecule has 1 fully saturated rings. The Hall–Kier alpha value is -2.28. The minimum Gasteiger partial charge on any atom is -0.463 e. The second kappa shape index (κ2) is 13.1. The Balaban J connectivity index is 3.13. The predicted octanol–water partition coefficient (Wildman–Crippen LogP) is -0.939. The van der Waals surface area contributed by atoms with Gasteiger partial charge in [-0.05, 0) is 0 Å². The van der Waals surface area contributed by atoms with Gasteiger partial charge in [-0.1, -0.05) is 0 Å². The van der Waals surface area contributed by atoms with E-state index < -0.39 is 54.6 Å². The molecule has 1 heterocycles. The molecule has 0 aromatic carbocycles. The third-order valence-electron chi connectivity index (χ3n) is 3.72. The molecule has 30 heavy (non-hydrogen) atoms. The van der Waals surface area contributed by atoms with Crippen molar-refractivity contribution in [3.63, 3.8) is 0 Å². The van der Waals surface area contributed by atoms with Crippen LogP contribution in [-0.4, -0.2) is 87.6 Å². The molecular weight excluding hydrogens is 406 g/mol. The molecule has 2 N–H and O–H groups in total. The molecule has 12 nitrogen and oxygen atoms in total. The highest BCUT2D eigenvalue weighted by molar-refractivity contribution is 5.68. The maximum atomic E-state index is 11.7. The molecule has 0 saturated carbocycles. The topological polar surface area (TPSA) is 159 Å². The molecule has 172 valence electrons. The fraction of sp³-hybridized carbons (Fsp3) is 0.778. The van der Waals surface area contributed by atoms with Crippen LogP contribution in [0, 0.1) is 0 Å². The highest BCUT2D eigenvalue weighted by Gasteiger charge is 2.52. The summed E-state index contributed by atoms with van der Waals surface area (Å²) in [5.41, 5.74) is 5.35. The molecule has 0 unspecified atom stereocenters. The number of nitrogens with two attached hydrogens (primary N) is 1. The zero-order valence-corrected chi connectivity index (χ0v) is 17.5. The Morgan fingerprint density at radius 1 is 0.767 bits per heavy atom. The SMILES string of the molecule is CC(=O)OC[C@H]1O[C@H](OCCOCCN)[C@H](OC(C)=O)[C@@H](OC(C)=O)[C@@H]1OC(C)=O. The average Bonchev–Trinajstić information content (AvgIpc) is 2.63. The molecule has 0 aromatic heterocycles. The number of hydrogen-bond acceptors (Lipinski definition) is 12. The standard InChI is InChI=1S/C18H29NO11/c1-10(20)26-9-14-15(27-11(2)21)16(28-12(3)22)17(29-13(4)23)18(30-14)25-8-7-24-6-5-19/h14-18H,5-9,19H2,1-4H3/t14-,15-,16+,17-,18+/m1/s1. The van der Waals surface area contributed by atoms with Gasteiger partial charge >= 0.3 is 23.9 Å². The van der Waals surface area contributed by atoms with Gasteiger partial charge in [0.1, 0.15) is 12.7 Å². The van der Waals surface area contributed by atoms with Crippen molar-refractivity contribution in [1.82, 2.24) is 0 Å². The zero-order chi connectivity index (χ0) is 22.7. The van der Waals surface area contributed by atoms with Crippen LogP contribution in [0.5, 0.6) is 0 Å². The molecular formula is C18H29NO11. The summed E-state index contributed by atoms with van der Waals surface area (Å²) < 4.78 is 37.4. The maximum Gasteiger partial charge on any atom is 0.303 e. The fourth-order valence-electron chi connectivity index (χ4n) is 2.73. The lowest BCUT2D eigenvalue weighted by Gasteiger charge is -2.44. The number of esters is 4. The normalized spacial score (nSPS) is 25.8. The summed E-state index contributed by atoms with van der Waals surface area (Å²) in [6.45, 7) is 5.17. The number of hydrogen-bond donors (Lipinski definition) is 1. The van der Waals surface area contributed by atoms with E-state index >= 15 is 0 Å². The molecule has 0 bridgehead atoms. The Bertz CT molecular complexity index is 597. The van der Waals surface area contributed by atoms with Gasteiger partial charge in [-0.15, -0.1) is 0 Å². The lowest BCUT2D eigenvalue weighted by molar-refractivity contribution is -0.309. The summed E-state index contributed by atoms with van der Waals surface area (Å²) in [5.74, 6) is -2.72. The Kier molecular flexibility index (Phi) is 11.3. The van der Waals surface area contributed by atoms with Gasteiger partial charge in [0.2, 0.25) is 0 Å². The van der Waals surface area contributed by atoms with E-state index in [4.69, 9.17) is 38.9 Å². The van der Waals surface area contributed by atoms with Crippen LogP contribution in [-0.2, 0) is 52.3 Å². The zero-order valence-electron chi connectivity index (χ0n) is 17.5. The summed E-state index contributed by atoms with van der Waals surface area (Å²) in [7, 11) is 0. The van der Waals surface area contributed by atoms with E-state index in [1.54, 1.807) is 0 Å². The quantitative estimate of drug-likeness (QED) is 0.241. The molecule has 0 radical (unpaired) electrons. The molecule has 0 aromatic rings. The third-order valence-corrected chi connectivity index (χ3v) is 3.72. The van der Waals surface area contributed by atoms with Crippen molar-refractivity contribution in [2.45, 2.75) is 58.4 Å². The molecule has 5 atom stereocenters. The van der Waals surface area contributed by atoms with E-state index in [2.05, 4.69) is 0 Å². The van der Waals surface area contributed by atoms with Crippen molar-refractivity contribution >= 4 is 23.9 Å². The first kappa shape index (κ1) is 25.8. The van der Waals surface area contributed by atoms with Gasteiger partial charge in [-0.2, -0.15) is 0 Å². The first-order chi connectivity index (χ1) is 14.1. The van der Waals surface area contributed by atoms with Gasteiger partial charge in [-0.25, -0.2) is 0 Å². The molecule has 1 rings (SSSR count). The fourth-order valence-corrected chi connectivity index (χ4v) is 2.73. The third kappa shape index (κ3) is 9.03. The van der Waals surface area contributed by atoms with E-state index in [0.29, 0.717) is 13.2 Å². The van der Waals surface area contributed by atoms with E-state index in [0.717, 1.165) is 20.8 Å². The maximum absolute atomic E-state index is 11.7. The number of ether oxygens (including phenoxy) is 7. The van der Waals surface area contributed by atoms with Crippen LogP contribution in [0.2, 0.25) is 0 Å². The van der Waals surface area contributed by atoms with Crippen LogP contribution < -0.4 is 5.73 Å². The van der Waals surface area contributed by atoms with Crippen LogP contribution in [0.1, 0.15) is 27.7 Å². The Morgan fingerprint density at radius 3 is 1.87 bits per heavy atom.